The Morgan fingerprint density at radius 2 is 2.24 bits per heavy atom. The maximum absolute atomic E-state index is 5.11. The van der Waals surface area contributed by atoms with Gasteiger partial charge in [-0.15, -0.1) is 0 Å². The number of pyridine rings is 1. The Morgan fingerprint density at radius 3 is 2.94 bits per heavy atom. The lowest BCUT2D eigenvalue weighted by Crippen LogP contribution is -2.11. The Morgan fingerprint density at radius 1 is 1.41 bits per heavy atom. The van der Waals surface area contributed by atoms with Crippen LogP contribution in [0.2, 0.25) is 0 Å². The average Bonchev–Trinajstić information content (AvgIpc) is 2.75. The molecule has 0 saturated carbocycles. The van der Waals surface area contributed by atoms with Crippen LogP contribution in [0.1, 0.15) is 12.8 Å². The minimum atomic E-state index is 0.484. The average molecular weight is 362 g/mol. The highest BCUT2D eigenvalue weighted by atomic mass is 79.9. The van der Waals surface area contributed by atoms with Gasteiger partial charge in [0, 0.05) is 15.1 Å². The molecule has 0 spiro atoms. The summed E-state index contributed by atoms with van der Waals surface area (Å²) < 4.78 is 6.83. The highest BCUT2D eigenvalue weighted by molar-refractivity contribution is 9.11. The van der Waals surface area contributed by atoms with Crippen molar-refractivity contribution in [2.45, 2.75) is 13.5 Å². The molecule has 0 bridgehead atoms. The Balaban J connectivity index is 2.24. The summed E-state index contributed by atoms with van der Waals surface area (Å²) in [6.45, 7) is 3.44. The molecule has 0 aromatic carbocycles. The van der Waals surface area contributed by atoms with Gasteiger partial charge in [-0.1, -0.05) is 12.1 Å². The molecular formula is C10H10Br2N4O. The Hall–Kier alpha value is -0.790. The van der Waals surface area contributed by atoms with E-state index >= 15 is 0 Å². The molecule has 1 N–H and O–H groups in total. The molecule has 0 radical (unpaired) electrons. The number of hydrogen-bond acceptors (Lipinski definition) is 5. The summed E-state index contributed by atoms with van der Waals surface area (Å²) in [5.74, 6) is 1.04. The van der Waals surface area contributed by atoms with Crippen LogP contribution in [-0.2, 0) is 6.54 Å². The van der Waals surface area contributed by atoms with Gasteiger partial charge >= 0.3 is 0 Å². The van der Waals surface area contributed by atoms with Crippen molar-refractivity contribution in [1.29, 1.82) is 0 Å². The number of aromatic nitrogens is 3. The van der Waals surface area contributed by atoms with Gasteiger partial charge in [-0.05, 0) is 44.5 Å². The summed E-state index contributed by atoms with van der Waals surface area (Å²) in [6.07, 6.45) is 1.69. The summed E-state index contributed by atoms with van der Waals surface area (Å²) >= 11 is 6.76. The van der Waals surface area contributed by atoms with Crippen molar-refractivity contribution in [1.82, 2.24) is 20.4 Å². The summed E-state index contributed by atoms with van der Waals surface area (Å²) in [5, 5.41) is 7.01. The zero-order valence-corrected chi connectivity index (χ0v) is 12.2. The lowest BCUT2D eigenvalue weighted by Gasteiger charge is -1.97. The molecule has 0 amide bonds. The van der Waals surface area contributed by atoms with Gasteiger partial charge in [-0.25, -0.2) is 0 Å². The summed E-state index contributed by atoms with van der Waals surface area (Å²) in [4.78, 5) is 8.50. The first-order chi connectivity index (χ1) is 8.20. The predicted octanol–water partition coefficient (Wildman–Crippen LogP) is 2.77. The fourth-order valence-corrected chi connectivity index (χ4v) is 2.40. The highest BCUT2D eigenvalue weighted by Gasteiger charge is 2.12. The summed E-state index contributed by atoms with van der Waals surface area (Å²) in [6, 6.07) is 1.89. The second-order valence-electron chi connectivity index (χ2n) is 3.28. The molecule has 0 fully saturated rings. The van der Waals surface area contributed by atoms with Crippen molar-refractivity contribution in [2.24, 2.45) is 0 Å². The first-order valence-electron chi connectivity index (χ1n) is 5.05. The number of nitrogens with one attached hydrogen (secondary N) is 1. The van der Waals surface area contributed by atoms with Crippen molar-refractivity contribution >= 4 is 31.9 Å². The highest BCUT2D eigenvalue weighted by Crippen LogP contribution is 2.26. The third kappa shape index (κ3) is 3.11. The Bertz CT molecular complexity index is 515. The third-order valence-electron chi connectivity index (χ3n) is 2.01. The first-order valence-corrected chi connectivity index (χ1v) is 6.64. The molecule has 5 nitrogen and oxygen atoms in total. The molecule has 2 aromatic rings. The minimum absolute atomic E-state index is 0.484. The van der Waals surface area contributed by atoms with E-state index in [1.807, 2.05) is 13.0 Å². The van der Waals surface area contributed by atoms with Crippen molar-refractivity contribution in [3.8, 4) is 11.5 Å². The molecule has 0 saturated heterocycles. The molecule has 17 heavy (non-hydrogen) atoms. The third-order valence-corrected chi connectivity index (χ3v) is 3.05. The zero-order chi connectivity index (χ0) is 12.3. The van der Waals surface area contributed by atoms with Crippen LogP contribution in [0.3, 0.4) is 0 Å². The van der Waals surface area contributed by atoms with Gasteiger partial charge in [0.25, 0.3) is 0 Å². The summed E-state index contributed by atoms with van der Waals surface area (Å²) in [7, 11) is 0. The van der Waals surface area contributed by atoms with Crippen LogP contribution in [0.15, 0.2) is 25.7 Å². The van der Waals surface area contributed by atoms with E-state index in [1.165, 1.54) is 0 Å². The number of nitrogens with zero attached hydrogens (tertiary/aromatic N) is 3. The maximum atomic E-state index is 5.11. The monoisotopic (exact) mass is 360 g/mol. The number of rotatable bonds is 4. The van der Waals surface area contributed by atoms with Gasteiger partial charge in [0.2, 0.25) is 11.7 Å². The van der Waals surface area contributed by atoms with Crippen molar-refractivity contribution in [3.05, 3.63) is 27.1 Å². The van der Waals surface area contributed by atoms with Crippen LogP contribution in [0.25, 0.3) is 11.5 Å². The van der Waals surface area contributed by atoms with Crippen molar-refractivity contribution in [3.63, 3.8) is 0 Å². The molecule has 2 aromatic heterocycles. The molecular weight excluding hydrogens is 352 g/mol. The van der Waals surface area contributed by atoms with E-state index in [4.69, 9.17) is 4.52 Å². The molecule has 0 atom stereocenters. The second-order valence-corrected chi connectivity index (χ2v) is 5.05. The fourth-order valence-electron chi connectivity index (χ4n) is 1.23. The van der Waals surface area contributed by atoms with E-state index in [9.17, 15) is 0 Å². The van der Waals surface area contributed by atoms with Crippen LogP contribution in [-0.4, -0.2) is 21.7 Å². The van der Waals surface area contributed by atoms with Gasteiger partial charge in [0.05, 0.1) is 6.54 Å². The second kappa shape index (κ2) is 5.70. The Labute approximate surface area is 115 Å². The topological polar surface area (TPSA) is 63.8 Å². The van der Waals surface area contributed by atoms with E-state index < -0.39 is 0 Å². The van der Waals surface area contributed by atoms with Crippen molar-refractivity contribution in [2.75, 3.05) is 6.54 Å². The molecule has 90 valence electrons. The van der Waals surface area contributed by atoms with Gasteiger partial charge in [-0.2, -0.15) is 4.98 Å². The quantitative estimate of drug-likeness (QED) is 0.907. The maximum Gasteiger partial charge on any atom is 0.240 e. The fraction of sp³-hybridized carbons (Fsp3) is 0.300. The van der Waals surface area contributed by atoms with Gasteiger partial charge < -0.3 is 9.84 Å². The molecule has 0 unspecified atom stereocenters. The minimum Gasteiger partial charge on any atom is -0.337 e. The zero-order valence-electron chi connectivity index (χ0n) is 9.07. The molecule has 0 aliphatic rings. The van der Waals surface area contributed by atoms with Crippen LogP contribution >= 0.6 is 31.9 Å². The van der Waals surface area contributed by atoms with Crippen LogP contribution in [0.5, 0.6) is 0 Å². The number of halogens is 2. The van der Waals surface area contributed by atoms with Gasteiger partial charge in [-0.3, -0.25) is 4.98 Å². The van der Waals surface area contributed by atoms with Gasteiger partial charge in [0.1, 0.15) is 5.69 Å². The lowest BCUT2D eigenvalue weighted by molar-refractivity contribution is 0.369. The molecule has 0 aliphatic heterocycles. The van der Waals surface area contributed by atoms with E-state index in [0.29, 0.717) is 24.0 Å². The predicted molar refractivity (Wildman–Crippen MR) is 70.3 cm³/mol. The van der Waals surface area contributed by atoms with E-state index in [1.54, 1.807) is 6.20 Å². The van der Waals surface area contributed by atoms with Crippen molar-refractivity contribution < 1.29 is 4.52 Å². The SMILES string of the molecule is CCNCc1nc(-c2ncc(Br)cc2Br)no1. The normalized spacial score (nSPS) is 10.8. The van der Waals surface area contributed by atoms with Crippen LogP contribution in [0, 0.1) is 0 Å². The Kier molecular flexibility index (Phi) is 4.25. The number of hydrogen-bond donors (Lipinski definition) is 1. The molecule has 2 rings (SSSR count). The largest absolute Gasteiger partial charge is 0.337 e. The lowest BCUT2D eigenvalue weighted by atomic mass is 10.3. The van der Waals surface area contributed by atoms with E-state index in [0.717, 1.165) is 15.5 Å². The van der Waals surface area contributed by atoms with E-state index in [-0.39, 0.29) is 0 Å². The molecule has 2 heterocycles. The first kappa shape index (κ1) is 12.7. The molecule has 7 heteroatoms. The molecule has 0 aliphatic carbocycles. The van der Waals surface area contributed by atoms with E-state index in [2.05, 4.69) is 52.3 Å². The van der Waals surface area contributed by atoms with Crippen LogP contribution in [0.4, 0.5) is 0 Å². The smallest absolute Gasteiger partial charge is 0.240 e. The standard InChI is InChI=1S/C10H10Br2N4O/c1-2-13-5-8-15-10(16-17-8)9-7(12)3-6(11)4-14-9/h3-4,13H,2,5H2,1H3. The van der Waals surface area contributed by atoms with Crippen LogP contribution < -0.4 is 5.32 Å². The summed E-state index contributed by atoms with van der Waals surface area (Å²) in [5.41, 5.74) is 0.666. The van der Waals surface area contributed by atoms with Gasteiger partial charge in [0.15, 0.2) is 0 Å².